The van der Waals surface area contributed by atoms with Crippen molar-refractivity contribution in [3.05, 3.63) is 71.3 Å². The summed E-state index contributed by atoms with van der Waals surface area (Å²) in [5, 5.41) is 3.13. The van der Waals surface area contributed by atoms with Crippen LogP contribution >= 0.6 is 11.8 Å². The van der Waals surface area contributed by atoms with Crippen LogP contribution in [0.4, 0.5) is 0 Å². The molecule has 0 aliphatic carbocycles. The molecule has 2 unspecified atom stereocenters. The summed E-state index contributed by atoms with van der Waals surface area (Å²) >= 11 is 1.44. The van der Waals surface area contributed by atoms with Crippen molar-refractivity contribution in [3.63, 3.8) is 0 Å². The average molecular weight is 390 g/mol. The first kappa shape index (κ1) is 19.0. The highest BCUT2D eigenvalue weighted by Crippen LogP contribution is 2.26. The van der Waals surface area contributed by atoms with Gasteiger partial charge in [-0.1, -0.05) is 60.2 Å². The van der Waals surface area contributed by atoms with Crippen LogP contribution in [-0.2, 0) is 14.6 Å². The lowest BCUT2D eigenvalue weighted by Gasteiger charge is -2.20. The van der Waals surface area contributed by atoms with E-state index >= 15 is 0 Å². The Morgan fingerprint density at radius 3 is 2.38 bits per heavy atom. The second kappa shape index (κ2) is 8.27. The van der Waals surface area contributed by atoms with Gasteiger partial charge < -0.3 is 5.32 Å². The lowest BCUT2D eigenvalue weighted by Crippen LogP contribution is -2.31. The topological polar surface area (TPSA) is 63.2 Å². The van der Waals surface area contributed by atoms with Crippen LogP contribution in [0.5, 0.6) is 0 Å². The van der Waals surface area contributed by atoms with Gasteiger partial charge in [0.25, 0.3) is 0 Å². The summed E-state index contributed by atoms with van der Waals surface area (Å²) in [7, 11) is -2.91. The largest absolute Gasteiger partial charge is 0.344 e. The number of hydrogen-bond acceptors (Lipinski definition) is 4. The van der Waals surface area contributed by atoms with Gasteiger partial charge in [-0.15, -0.1) is 11.8 Å². The zero-order chi connectivity index (χ0) is 18.6. The maximum atomic E-state index is 12.5. The lowest BCUT2D eigenvalue weighted by molar-refractivity contribution is -0.119. The molecular formula is C20H23NO3S2. The molecule has 1 heterocycles. The third-order valence-electron chi connectivity index (χ3n) is 4.49. The van der Waals surface area contributed by atoms with Crippen LogP contribution in [-0.4, -0.2) is 36.8 Å². The molecule has 138 valence electrons. The monoisotopic (exact) mass is 389 g/mol. The predicted octanol–water partition coefficient (Wildman–Crippen LogP) is 3.12. The molecule has 4 nitrogen and oxygen atoms in total. The highest BCUT2D eigenvalue weighted by molar-refractivity contribution is 8.02. The normalized spacial score (nSPS) is 19.8. The fraction of sp³-hybridized carbons (Fsp3) is 0.350. The van der Waals surface area contributed by atoms with Gasteiger partial charge in [-0.05, 0) is 24.5 Å². The Bertz CT molecular complexity index is 848. The number of hydrogen-bond donors (Lipinski definition) is 1. The summed E-state index contributed by atoms with van der Waals surface area (Å²) < 4.78 is 23.1. The van der Waals surface area contributed by atoms with Crippen LogP contribution < -0.4 is 5.32 Å². The van der Waals surface area contributed by atoms with E-state index in [1.54, 1.807) is 0 Å². The summed E-state index contributed by atoms with van der Waals surface area (Å²) in [6, 6.07) is 17.8. The number of thioether (sulfide) groups is 1. The lowest BCUT2D eigenvalue weighted by atomic mass is 9.98. The second-order valence-electron chi connectivity index (χ2n) is 6.66. The molecule has 0 radical (unpaired) electrons. The summed E-state index contributed by atoms with van der Waals surface area (Å²) in [5.74, 6) is 0.622. The Labute approximate surface area is 159 Å². The van der Waals surface area contributed by atoms with Crippen LogP contribution in [0.15, 0.2) is 54.6 Å². The van der Waals surface area contributed by atoms with Gasteiger partial charge >= 0.3 is 0 Å². The Hall–Kier alpha value is -1.79. The van der Waals surface area contributed by atoms with Crippen molar-refractivity contribution in [3.8, 4) is 0 Å². The molecule has 26 heavy (non-hydrogen) atoms. The molecule has 2 aromatic rings. The Kier molecular flexibility index (Phi) is 6.04. The standard InChI is InChI=1S/C20H23NO3S2/c1-15-7-9-17(10-8-15)20(16-5-3-2-4-6-16)21-19(22)13-25-18-11-12-26(23,24)14-18/h2-10,18,20H,11-14H2,1H3,(H,21,22). The minimum absolute atomic E-state index is 0.0281. The molecule has 0 saturated carbocycles. The first-order chi connectivity index (χ1) is 12.4. The predicted molar refractivity (Wildman–Crippen MR) is 107 cm³/mol. The van der Waals surface area contributed by atoms with E-state index in [2.05, 4.69) is 5.32 Å². The average Bonchev–Trinajstić information content (AvgIpc) is 2.98. The molecule has 6 heteroatoms. The molecule has 2 aromatic carbocycles. The van der Waals surface area contributed by atoms with Gasteiger partial charge in [-0.25, -0.2) is 8.42 Å². The van der Waals surface area contributed by atoms with E-state index in [1.807, 2.05) is 61.5 Å². The minimum Gasteiger partial charge on any atom is -0.344 e. The van der Waals surface area contributed by atoms with Gasteiger partial charge in [0.05, 0.1) is 23.3 Å². The number of sulfone groups is 1. The Morgan fingerprint density at radius 2 is 1.77 bits per heavy atom. The maximum absolute atomic E-state index is 12.5. The molecular weight excluding hydrogens is 366 g/mol. The van der Waals surface area contributed by atoms with Crippen LogP contribution in [0.25, 0.3) is 0 Å². The fourth-order valence-electron chi connectivity index (χ4n) is 3.05. The van der Waals surface area contributed by atoms with E-state index in [4.69, 9.17) is 0 Å². The van der Waals surface area contributed by atoms with Crippen molar-refractivity contribution in [2.75, 3.05) is 17.3 Å². The van der Waals surface area contributed by atoms with Gasteiger partial charge in [0.15, 0.2) is 9.84 Å². The molecule has 2 atom stereocenters. The fourth-order valence-corrected chi connectivity index (χ4v) is 6.51. The molecule has 1 aliphatic heterocycles. The third-order valence-corrected chi connectivity index (χ3v) is 7.77. The van der Waals surface area contributed by atoms with Crippen molar-refractivity contribution in [1.29, 1.82) is 0 Å². The highest BCUT2D eigenvalue weighted by Gasteiger charge is 2.28. The van der Waals surface area contributed by atoms with Gasteiger partial charge in [-0.2, -0.15) is 0 Å². The molecule has 0 spiro atoms. The minimum atomic E-state index is -2.91. The quantitative estimate of drug-likeness (QED) is 0.824. The van der Waals surface area contributed by atoms with E-state index in [-0.39, 0.29) is 34.5 Å². The number of carbonyl (C=O) groups excluding carboxylic acids is 1. The van der Waals surface area contributed by atoms with Gasteiger partial charge in [0.1, 0.15) is 0 Å². The van der Waals surface area contributed by atoms with E-state index in [0.29, 0.717) is 6.42 Å². The number of nitrogens with one attached hydrogen (secondary N) is 1. The molecule has 1 N–H and O–H groups in total. The number of benzene rings is 2. The smallest absolute Gasteiger partial charge is 0.230 e. The van der Waals surface area contributed by atoms with Gasteiger partial charge in [-0.3, -0.25) is 4.79 Å². The van der Waals surface area contributed by atoms with Crippen molar-refractivity contribution in [2.45, 2.75) is 24.6 Å². The molecule has 1 fully saturated rings. The molecule has 0 aromatic heterocycles. The number of aryl methyl sites for hydroxylation is 1. The number of carbonyl (C=O) groups is 1. The summed E-state index contributed by atoms with van der Waals surface area (Å²) in [5.41, 5.74) is 3.23. The van der Waals surface area contributed by atoms with Crippen molar-refractivity contribution in [2.24, 2.45) is 0 Å². The summed E-state index contributed by atoms with van der Waals surface area (Å²) in [6.07, 6.45) is 0.639. The summed E-state index contributed by atoms with van der Waals surface area (Å²) in [6.45, 7) is 2.03. The first-order valence-electron chi connectivity index (χ1n) is 8.66. The van der Waals surface area contributed by atoms with Crippen molar-refractivity contribution in [1.82, 2.24) is 5.32 Å². The SMILES string of the molecule is Cc1ccc(C(NC(=O)CSC2CCS(=O)(=O)C2)c2ccccc2)cc1. The van der Waals surface area contributed by atoms with Crippen LogP contribution in [0.2, 0.25) is 0 Å². The van der Waals surface area contributed by atoms with E-state index in [1.165, 1.54) is 17.3 Å². The maximum Gasteiger partial charge on any atom is 0.230 e. The van der Waals surface area contributed by atoms with E-state index in [9.17, 15) is 13.2 Å². The molecule has 1 saturated heterocycles. The molecule has 1 amide bonds. The molecule has 3 rings (SSSR count). The Morgan fingerprint density at radius 1 is 1.12 bits per heavy atom. The number of rotatable bonds is 6. The Balaban J connectivity index is 1.67. The van der Waals surface area contributed by atoms with Crippen LogP contribution in [0, 0.1) is 6.92 Å². The first-order valence-corrected chi connectivity index (χ1v) is 11.5. The number of amides is 1. The zero-order valence-corrected chi connectivity index (χ0v) is 16.4. The van der Waals surface area contributed by atoms with Crippen molar-refractivity contribution >= 4 is 27.5 Å². The summed E-state index contributed by atoms with van der Waals surface area (Å²) in [4.78, 5) is 12.5. The van der Waals surface area contributed by atoms with E-state index in [0.717, 1.165) is 11.1 Å². The third kappa shape index (κ3) is 5.11. The zero-order valence-electron chi connectivity index (χ0n) is 14.7. The molecule has 0 bridgehead atoms. The molecule has 1 aliphatic rings. The van der Waals surface area contributed by atoms with Crippen molar-refractivity contribution < 1.29 is 13.2 Å². The second-order valence-corrected chi connectivity index (χ2v) is 10.2. The van der Waals surface area contributed by atoms with Crippen LogP contribution in [0.3, 0.4) is 0 Å². The highest BCUT2D eigenvalue weighted by atomic mass is 32.2. The van der Waals surface area contributed by atoms with Gasteiger partial charge in [0.2, 0.25) is 5.91 Å². The van der Waals surface area contributed by atoms with Crippen LogP contribution in [0.1, 0.15) is 29.2 Å². The van der Waals surface area contributed by atoms with E-state index < -0.39 is 9.84 Å². The van der Waals surface area contributed by atoms with Gasteiger partial charge in [0, 0.05) is 5.25 Å².